The number of ether oxygens (including phenoxy) is 1. The molecule has 0 unspecified atom stereocenters. The van der Waals surface area contributed by atoms with Gasteiger partial charge < -0.3 is 23.4 Å². The summed E-state index contributed by atoms with van der Waals surface area (Å²) in [7, 11) is 0. The van der Waals surface area contributed by atoms with E-state index in [1.807, 2.05) is 13.0 Å². The van der Waals surface area contributed by atoms with E-state index in [9.17, 15) is 9.59 Å². The van der Waals surface area contributed by atoms with Crippen LogP contribution in [-0.2, 0) is 16.1 Å². The quantitative estimate of drug-likeness (QED) is 0.674. The lowest BCUT2D eigenvalue weighted by Crippen LogP contribution is -2.45. The molecular formula is C20H26N2O5. The molecule has 0 spiro atoms. The van der Waals surface area contributed by atoms with Gasteiger partial charge in [-0.15, -0.1) is 0 Å². The van der Waals surface area contributed by atoms with Gasteiger partial charge in [0.15, 0.2) is 5.76 Å². The lowest BCUT2D eigenvalue weighted by Gasteiger charge is -2.28. The molecule has 1 fully saturated rings. The van der Waals surface area contributed by atoms with E-state index in [4.69, 9.17) is 13.6 Å². The SMILES string of the molecule is CCCN(CC(=O)N(Cc1ccco1)C[C@H]1CCCO1)C(=O)c1ccco1. The number of furan rings is 2. The van der Waals surface area contributed by atoms with Crippen LogP contribution < -0.4 is 0 Å². The summed E-state index contributed by atoms with van der Waals surface area (Å²) in [5.41, 5.74) is 0. The number of carbonyl (C=O) groups is 2. The van der Waals surface area contributed by atoms with Crippen molar-refractivity contribution in [2.75, 3.05) is 26.2 Å². The van der Waals surface area contributed by atoms with Gasteiger partial charge in [-0.2, -0.15) is 0 Å². The number of hydrogen-bond donors (Lipinski definition) is 0. The molecule has 1 aliphatic rings. The number of hydrogen-bond acceptors (Lipinski definition) is 5. The molecule has 3 heterocycles. The summed E-state index contributed by atoms with van der Waals surface area (Å²) >= 11 is 0. The van der Waals surface area contributed by atoms with Crippen LogP contribution in [0.5, 0.6) is 0 Å². The first-order chi connectivity index (χ1) is 13.2. The molecule has 0 radical (unpaired) electrons. The molecule has 7 nitrogen and oxygen atoms in total. The van der Waals surface area contributed by atoms with E-state index < -0.39 is 0 Å². The van der Waals surface area contributed by atoms with Gasteiger partial charge in [-0.05, 0) is 43.5 Å². The highest BCUT2D eigenvalue weighted by Crippen LogP contribution is 2.16. The molecular weight excluding hydrogens is 348 g/mol. The Hall–Kier alpha value is -2.54. The monoisotopic (exact) mass is 374 g/mol. The van der Waals surface area contributed by atoms with E-state index in [1.54, 1.807) is 29.4 Å². The Kier molecular flexibility index (Phi) is 6.70. The molecule has 0 saturated carbocycles. The van der Waals surface area contributed by atoms with Gasteiger partial charge in [-0.1, -0.05) is 6.92 Å². The van der Waals surface area contributed by atoms with E-state index in [2.05, 4.69) is 0 Å². The lowest BCUT2D eigenvalue weighted by atomic mass is 10.2. The molecule has 2 aromatic heterocycles. The topological polar surface area (TPSA) is 76.1 Å². The summed E-state index contributed by atoms with van der Waals surface area (Å²) in [6, 6.07) is 6.92. The van der Waals surface area contributed by atoms with Crippen molar-refractivity contribution in [1.82, 2.24) is 9.80 Å². The van der Waals surface area contributed by atoms with Crippen LogP contribution in [0, 0.1) is 0 Å². The Morgan fingerprint density at radius 2 is 1.96 bits per heavy atom. The molecule has 0 N–H and O–H groups in total. The van der Waals surface area contributed by atoms with Gasteiger partial charge in [0.25, 0.3) is 5.91 Å². The molecule has 0 aliphatic carbocycles. The number of nitrogens with zero attached hydrogens (tertiary/aromatic N) is 2. The second-order valence-electron chi connectivity index (χ2n) is 6.69. The maximum absolute atomic E-state index is 13.0. The maximum Gasteiger partial charge on any atom is 0.290 e. The van der Waals surface area contributed by atoms with Gasteiger partial charge in [-0.3, -0.25) is 9.59 Å². The first-order valence-corrected chi connectivity index (χ1v) is 9.42. The van der Waals surface area contributed by atoms with Gasteiger partial charge in [0.2, 0.25) is 5.91 Å². The highest BCUT2D eigenvalue weighted by atomic mass is 16.5. The second kappa shape index (κ2) is 9.41. The van der Waals surface area contributed by atoms with Gasteiger partial charge >= 0.3 is 0 Å². The van der Waals surface area contributed by atoms with Gasteiger partial charge in [-0.25, -0.2) is 0 Å². The Balaban J connectivity index is 1.69. The fraction of sp³-hybridized carbons (Fsp3) is 0.500. The van der Waals surface area contributed by atoms with E-state index >= 15 is 0 Å². The van der Waals surface area contributed by atoms with Crippen LogP contribution in [0.25, 0.3) is 0 Å². The summed E-state index contributed by atoms with van der Waals surface area (Å²) in [6.07, 6.45) is 5.78. The van der Waals surface area contributed by atoms with Crippen molar-refractivity contribution in [3.05, 3.63) is 48.3 Å². The normalized spacial score (nSPS) is 16.4. The predicted molar refractivity (Wildman–Crippen MR) is 98.0 cm³/mol. The van der Waals surface area contributed by atoms with Crippen LogP contribution in [0.3, 0.4) is 0 Å². The molecule has 7 heteroatoms. The van der Waals surface area contributed by atoms with Crippen molar-refractivity contribution in [1.29, 1.82) is 0 Å². The van der Waals surface area contributed by atoms with Crippen LogP contribution in [0.15, 0.2) is 45.6 Å². The summed E-state index contributed by atoms with van der Waals surface area (Å²) in [4.78, 5) is 28.9. The molecule has 27 heavy (non-hydrogen) atoms. The smallest absolute Gasteiger partial charge is 0.290 e. The van der Waals surface area contributed by atoms with Crippen molar-refractivity contribution >= 4 is 11.8 Å². The maximum atomic E-state index is 13.0. The van der Waals surface area contributed by atoms with E-state index in [0.29, 0.717) is 25.4 Å². The third-order valence-corrected chi connectivity index (χ3v) is 4.57. The molecule has 3 rings (SSSR count). The number of rotatable bonds is 9. The summed E-state index contributed by atoms with van der Waals surface area (Å²) in [6.45, 7) is 4.04. The fourth-order valence-corrected chi connectivity index (χ4v) is 3.22. The van der Waals surface area contributed by atoms with E-state index in [0.717, 1.165) is 25.9 Å². The zero-order chi connectivity index (χ0) is 19.1. The highest BCUT2D eigenvalue weighted by molar-refractivity contribution is 5.94. The average molecular weight is 374 g/mol. The van der Waals surface area contributed by atoms with E-state index in [-0.39, 0.29) is 30.2 Å². The van der Waals surface area contributed by atoms with Crippen molar-refractivity contribution in [3.63, 3.8) is 0 Å². The van der Waals surface area contributed by atoms with Crippen LogP contribution in [0.2, 0.25) is 0 Å². The predicted octanol–water partition coefficient (Wildman–Crippen LogP) is 2.93. The number of amides is 2. The fourth-order valence-electron chi connectivity index (χ4n) is 3.22. The third-order valence-electron chi connectivity index (χ3n) is 4.57. The molecule has 1 aliphatic heterocycles. The molecule has 1 saturated heterocycles. The standard InChI is InChI=1S/C20H26N2O5/c1-2-9-21(20(24)18-8-5-12-27-18)15-19(23)22(13-16-6-3-10-25-16)14-17-7-4-11-26-17/h3,5-6,8,10,12,17H,2,4,7,9,11,13-15H2,1H3/t17-/m1/s1. The Labute approximate surface area is 158 Å². The van der Waals surface area contributed by atoms with Gasteiger partial charge in [0.1, 0.15) is 12.3 Å². The minimum absolute atomic E-state index is 0.000796. The summed E-state index contributed by atoms with van der Waals surface area (Å²) < 4.78 is 16.3. The number of carbonyl (C=O) groups excluding carboxylic acids is 2. The molecule has 1 atom stereocenters. The minimum atomic E-state index is -0.273. The largest absolute Gasteiger partial charge is 0.467 e. The van der Waals surface area contributed by atoms with Gasteiger partial charge in [0, 0.05) is 19.7 Å². The molecule has 146 valence electrons. The molecule has 2 amide bonds. The Morgan fingerprint density at radius 1 is 1.15 bits per heavy atom. The van der Waals surface area contributed by atoms with Crippen LogP contribution >= 0.6 is 0 Å². The Bertz CT molecular complexity index is 705. The Morgan fingerprint density at radius 3 is 2.59 bits per heavy atom. The van der Waals surface area contributed by atoms with Crippen LogP contribution in [0.1, 0.15) is 42.5 Å². The zero-order valence-corrected chi connectivity index (χ0v) is 15.6. The zero-order valence-electron chi connectivity index (χ0n) is 15.6. The minimum Gasteiger partial charge on any atom is -0.467 e. The van der Waals surface area contributed by atoms with E-state index in [1.165, 1.54) is 11.2 Å². The second-order valence-corrected chi connectivity index (χ2v) is 6.69. The molecule has 0 aromatic carbocycles. The highest BCUT2D eigenvalue weighted by Gasteiger charge is 2.27. The average Bonchev–Trinajstić information content (AvgIpc) is 3.42. The molecule has 0 bridgehead atoms. The van der Waals surface area contributed by atoms with Crippen molar-refractivity contribution < 1.29 is 23.2 Å². The lowest BCUT2D eigenvalue weighted by molar-refractivity contribution is -0.134. The van der Waals surface area contributed by atoms with Gasteiger partial charge in [0.05, 0.1) is 25.2 Å². The summed E-state index contributed by atoms with van der Waals surface area (Å²) in [5, 5.41) is 0. The first-order valence-electron chi connectivity index (χ1n) is 9.42. The first kappa shape index (κ1) is 19.2. The summed E-state index contributed by atoms with van der Waals surface area (Å²) in [5.74, 6) is 0.550. The molecule has 2 aromatic rings. The van der Waals surface area contributed by atoms with Crippen molar-refractivity contribution in [2.24, 2.45) is 0 Å². The van der Waals surface area contributed by atoms with Crippen LogP contribution in [-0.4, -0.2) is 54.0 Å². The third kappa shape index (κ3) is 5.23. The van der Waals surface area contributed by atoms with Crippen LogP contribution in [0.4, 0.5) is 0 Å². The van der Waals surface area contributed by atoms with Crippen molar-refractivity contribution in [3.8, 4) is 0 Å². The van der Waals surface area contributed by atoms with Crippen molar-refractivity contribution in [2.45, 2.75) is 38.8 Å².